The minimum absolute atomic E-state index is 0.0823. The van der Waals surface area contributed by atoms with Crippen molar-refractivity contribution in [1.82, 2.24) is 5.32 Å². The van der Waals surface area contributed by atoms with Crippen LogP contribution in [-0.2, 0) is 6.54 Å². The highest BCUT2D eigenvalue weighted by Gasteiger charge is 2.14. The van der Waals surface area contributed by atoms with Gasteiger partial charge < -0.3 is 14.8 Å². The van der Waals surface area contributed by atoms with E-state index in [0.717, 1.165) is 12.1 Å². The normalized spacial score (nSPS) is 18.8. The number of nitrogens with one attached hydrogen (secondary N) is 1. The molecule has 1 aliphatic rings. The Morgan fingerprint density at radius 3 is 2.86 bits per heavy atom. The van der Waals surface area contributed by atoms with Crippen LogP contribution >= 0.6 is 11.8 Å². The summed E-state index contributed by atoms with van der Waals surface area (Å²) in [7, 11) is 1.44. The fourth-order valence-electron chi connectivity index (χ4n) is 2.37. The molecule has 1 aromatic rings. The van der Waals surface area contributed by atoms with Crippen LogP contribution in [0.25, 0.3) is 0 Å². The zero-order valence-corrected chi connectivity index (χ0v) is 12.9. The van der Waals surface area contributed by atoms with Gasteiger partial charge in [0.15, 0.2) is 11.5 Å². The summed E-state index contributed by atoms with van der Waals surface area (Å²) in [6.07, 6.45) is 3.86. The zero-order valence-electron chi connectivity index (χ0n) is 12.1. The Labute approximate surface area is 128 Å². The highest BCUT2D eigenvalue weighted by molar-refractivity contribution is 7.99. The Hall–Kier alpha value is -1.01. The zero-order chi connectivity index (χ0) is 15.1. The smallest absolute Gasteiger partial charge is 0.387 e. The average molecular weight is 317 g/mol. The van der Waals surface area contributed by atoms with Gasteiger partial charge in [0.2, 0.25) is 0 Å². The summed E-state index contributed by atoms with van der Waals surface area (Å²) in [5.74, 6) is 1.64. The van der Waals surface area contributed by atoms with Crippen molar-refractivity contribution in [3.8, 4) is 11.5 Å². The fraction of sp³-hybridized carbons (Fsp3) is 0.600. The van der Waals surface area contributed by atoms with Crippen molar-refractivity contribution in [3.63, 3.8) is 0 Å². The van der Waals surface area contributed by atoms with Gasteiger partial charge in [-0.15, -0.1) is 0 Å². The van der Waals surface area contributed by atoms with Crippen LogP contribution in [0.15, 0.2) is 18.2 Å². The summed E-state index contributed by atoms with van der Waals surface area (Å²) in [6, 6.07) is 5.12. The second-order valence-corrected chi connectivity index (χ2v) is 6.39. The lowest BCUT2D eigenvalue weighted by Crippen LogP contribution is -2.26. The van der Waals surface area contributed by atoms with Gasteiger partial charge in [0.1, 0.15) is 0 Å². The summed E-state index contributed by atoms with van der Waals surface area (Å²) < 4.78 is 34.2. The first-order chi connectivity index (χ1) is 10.2. The molecule has 0 radical (unpaired) electrons. The third kappa shape index (κ3) is 5.36. The van der Waals surface area contributed by atoms with Gasteiger partial charge in [0, 0.05) is 18.3 Å². The van der Waals surface area contributed by atoms with Crippen molar-refractivity contribution < 1.29 is 18.3 Å². The van der Waals surface area contributed by atoms with Gasteiger partial charge in [-0.2, -0.15) is 20.5 Å². The summed E-state index contributed by atoms with van der Waals surface area (Å²) in [5, 5.41) is 4.05. The molecule has 0 saturated carbocycles. The predicted molar refractivity (Wildman–Crippen MR) is 81.4 cm³/mol. The first kappa shape index (κ1) is 16.4. The van der Waals surface area contributed by atoms with E-state index in [9.17, 15) is 8.78 Å². The molecule has 1 fully saturated rings. The van der Waals surface area contributed by atoms with Crippen LogP contribution in [0.1, 0.15) is 24.8 Å². The number of rotatable bonds is 7. The number of hydrogen-bond acceptors (Lipinski definition) is 4. The van der Waals surface area contributed by atoms with E-state index in [2.05, 4.69) is 10.1 Å². The Morgan fingerprint density at radius 2 is 2.19 bits per heavy atom. The van der Waals surface area contributed by atoms with Gasteiger partial charge in [-0.3, -0.25) is 0 Å². The Balaban J connectivity index is 1.87. The SMILES string of the molecule is COc1ccc(CNCC2CCCCS2)cc1OC(F)F. The van der Waals surface area contributed by atoms with E-state index >= 15 is 0 Å². The molecule has 0 aliphatic carbocycles. The van der Waals surface area contributed by atoms with Crippen molar-refractivity contribution >= 4 is 11.8 Å². The van der Waals surface area contributed by atoms with Crippen molar-refractivity contribution in [2.75, 3.05) is 19.4 Å². The molecule has 1 aromatic carbocycles. The van der Waals surface area contributed by atoms with E-state index in [-0.39, 0.29) is 5.75 Å². The monoisotopic (exact) mass is 317 g/mol. The Bertz CT molecular complexity index is 440. The van der Waals surface area contributed by atoms with Crippen molar-refractivity contribution in [2.45, 2.75) is 37.7 Å². The molecule has 1 unspecified atom stereocenters. The quantitative estimate of drug-likeness (QED) is 0.831. The van der Waals surface area contributed by atoms with E-state index in [1.54, 1.807) is 12.1 Å². The number of hydrogen-bond donors (Lipinski definition) is 1. The number of ether oxygens (including phenoxy) is 2. The van der Waals surface area contributed by atoms with E-state index in [4.69, 9.17) is 4.74 Å². The lowest BCUT2D eigenvalue weighted by Gasteiger charge is -2.21. The summed E-state index contributed by atoms with van der Waals surface area (Å²) in [6.45, 7) is -1.26. The molecule has 0 bridgehead atoms. The molecule has 0 spiro atoms. The summed E-state index contributed by atoms with van der Waals surface area (Å²) in [5.41, 5.74) is 0.909. The van der Waals surface area contributed by atoms with Gasteiger partial charge in [0.05, 0.1) is 7.11 Å². The molecule has 1 heterocycles. The second kappa shape index (κ2) is 8.44. The Kier molecular flexibility index (Phi) is 6.57. The number of alkyl halides is 2. The molecule has 1 atom stereocenters. The molecular formula is C15H21F2NO2S. The summed E-state index contributed by atoms with van der Waals surface area (Å²) >= 11 is 2.01. The van der Waals surface area contributed by atoms with Gasteiger partial charge >= 0.3 is 6.61 Å². The maximum absolute atomic E-state index is 12.4. The minimum Gasteiger partial charge on any atom is -0.493 e. The Morgan fingerprint density at radius 1 is 1.33 bits per heavy atom. The molecule has 118 valence electrons. The molecule has 1 aliphatic heterocycles. The molecule has 1 saturated heterocycles. The lowest BCUT2D eigenvalue weighted by atomic mass is 10.1. The largest absolute Gasteiger partial charge is 0.493 e. The maximum Gasteiger partial charge on any atom is 0.387 e. The fourth-order valence-corrected chi connectivity index (χ4v) is 3.64. The van der Waals surface area contributed by atoms with Crippen LogP contribution in [0, 0.1) is 0 Å². The third-order valence-corrected chi connectivity index (χ3v) is 4.82. The highest BCUT2D eigenvalue weighted by Crippen LogP contribution is 2.29. The first-order valence-corrected chi connectivity index (χ1v) is 8.18. The van der Waals surface area contributed by atoms with Crippen LogP contribution in [0.2, 0.25) is 0 Å². The minimum atomic E-state index is -2.85. The van der Waals surface area contributed by atoms with E-state index in [0.29, 0.717) is 17.5 Å². The van der Waals surface area contributed by atoms with Crippen LogP contribution in [0.4, 0.5) is 8.78 Å². The molecule has 2 rings (SSSR count). The first-order valence-electron chi connectivity index (χ1n) is 7.13. The van der Waals surface area contributed by atoms with Gasteiger partial charge in [-0.25, -0.2) is 0 Å². The molecule has 3 nitrogen and oxygen atoms in total. The molecule has 1 N–H and O–H groups in total. The molecule has 0 amide bonds. The van der Waals surface area contributed by atoms with Crippen molar-refractivity contribution in [3.05, 3.63) is 23.8 Å². The topological polar surface area (TPSA) is 30.5 Å². The van der Waals surface area contributed by atoms with Gasteiger partial charge in [0.25, 0.3) is 0 Å². The second-order valence-electron chi connectivity index (χ2n) is 4.98. The third-order valence-electron chi connectivity index (χ3n) is 3.42. The van der Waals surface area contributed by atoms with Crippen LogP contribution in [0.5, 0.6) is 11.5 Å². The van der Waals surface area contributed by atoms with Crippen LogP contribution in [0.3, 0.4) is 0 Å². The average Bonchev–Trinajstić information content (AvgIpc) is 2.48. The van der Waals surface area contributed by atoms with Crippen molar-refractivity contribution in [1.29, 1.82) is 0 Å². The van der Waals surface area contributed by atoms with Gasteiger partial charge in [-0.1, -0.05) is 12.5 Å². The van der Waals surface area contributed by atoms with E-state index in [1.165, 1.54) is 32.1 Å². The van der Waals surface area contributed by atoms with E-state index < -0.39 is 6.61 Å². The highest BCUT2D eigenvalue weighted by atomic mass is 32.2. The number of halogens is 2. The number of methoxy groups -OCH3 is 1. The maximum atomic E-state index is 12.4. The number of benzene rings is 1. The molecule has 21 heavy (non-hydrogen) atoms. The van der Waals surface area contributed by atoms with Crippen LogP contribution < -0.4 is 14.8 Å². The van der Waals surface area contributed by atoms with Crippen molar-refractivity contribution in [2.24, 2.45) is 0 Å². The van der Waals surface area contributed by atoms with Crippen LogP contribution in [-0.4, -0.2) is 31.3 Å². The summed E-state index contributed by atoms with van der Waals surface area (Å²) in [4.78, 5) is 0. The number of thioether (sulfide) groups is 1. The molecule has 0 aromatic heterocycles. The predicted octanol–water partition coefficient (Wildman–Crippen LogP) is 3.67. The molecular weight excluding hydrogens is 296 g/mol. The molecule has 6 heteroatoms. The standard InChI is InChI=1S/C15H21F2NO2S/c1-19-13-6-5-11(8-14(13)20-15(16)17)9-18-10-12-4-2-3-7-21-12/h5-6,8,12,15,18H,2-4,7,9-10H2,1H3. The van der Waals surface area contributed by atoms with E-state index in [1.807, 2.05) is 17.8 Å². The van der Waals surface area contributed by atoms with Gasteiger partial charge in [-0.05, 0) is 36.3 Å². The lowest BCUT2D eigenvalue weighted by molar-refractivity contribution is -0.0512.